The van der Waals surface area contributed by atoms with Crippen LogP contribution in [0.3, 0.4) is 0 Å². The predicted octanol–water partition coefficient (Wildman–Crippen LogP) is 16.7. The Morgan fingerprint density at radius 1 is 0.435 bits per heavy atom. The second-order valence-corrected chi connectivity index (χ2v) is 18.9. The Bertz CT molecular complexity index is 966. The van der Waals surface area contributed by atoms with Gasteiger partial charge in [0.05, 0.1) is 25.4 Å². The molecule has 0 aliphatic heterocycles. The third-order valence-electron chi connectivity index (χ3n) is 12.7. The van der Waals surface area contributed by atoms with Crippen LogP contribution in [-0.2, 0) is 14.3 Å². The first-order valence-electron chi connectivity index (χ1n) is 27.6. The van der Waals surface area contributed by atoms with Crippen molar-refractivity contribution in [3.63, 3.8) is 0 Å². The summed E-state index contributed by atoms with van der Waals surface area (Å²) in [4.78, 5) is 24.5. The summed E-state index contributed by atoms with van der Waals surface area (Å²) in [5, 5.41) is 23.1. The molecular formula is C56H107NO5. The summed E-state index contributed by atoms with van der Waals surface area (Å²) in [6, 6.07) is -0.638. The van der Waals surface area contributed by atoms with E-state index in [9.17, 15) is 19.8 Å². The third kappa shape index (κ3) is 47.8. The maximum atomic E-state index is 12.4. The number of amides is 1. The van der Waals surface area contributed by atoms with Gasteiger partial charge in [0.1, 0.15) is 0 Å². The number of unbranched alkanes of at least 4 members (excludes halogenated alkanes) is 38. The summed E-state index contributed by atoms with van der Waals surface area (Å²) >= 11 is 0. The van der Waals surface area contributed by atoms with Crippen LogP contribution in [0.1, 0.15) is 296 Å². The molecule has 0 saturated heterocycles. The van der Waals surface area contributed by atoms with Crippen molar-refractivity contribution in [1.82, 2.24) is 5.32 Å². The van der Waals surface area contributed by atoms with Crippen LogP contribution in [0.15, 0.2) is 24.3 Å². The molecule has 1 amide bonds. The van der Waals surface area contributed by atoms with E-state index >= 15 is 0 Å². The number of esters is 1. The lowest BCUT2D eigenvalue weighted by Gasteiger charge is -2.20. The van der Waals surface area contributed by atoms with E-state index in [0.29, 0.717) is 19.4 Å². The molecule has 0 aliphatic carbocycles. The van der Waals surface area contributed by atoms with Crippen molar-refractivity contribution >= 4 is 11.9 Å². The lowest BCUT2D eigenvalue weighted by atomic mass is 10.0. The van der Waals surface area contributed by atoms with Gasteiger partial charge in [0.2, 0.25) is 5.91 Å². The van der Waals surface area contributed by atoms with E-state index in [4.69, 9.17) is 4.74 Å². The molecule has 0 radical (unpaired) electrons. The van der Waals surface area contributed by atoms with Crippen molar-refractivity contribution in [3.8, 4) is 0 Å². The van der Waals surface area contributed by atoms with Crippen LogP contribution in [-0.4, -0.2) is 47.4 Å². The van der Waals surface area contributed by atoms with E-state index in [1.54, 1.807) is 6.08 Å². The molecule has 0 aromatic rings. The van der Waals surface area contributed by atoms with Gasteiger partial charge in [-0.25, -0.2) is 0 Å². The Morgan fingerprint density at radius 3 is 1.15 bits per heavy atom. The molecule has 0 saturated carbocycles. The summed E-state index contributed by atoms with van der Waals surface area (Å²) in [6.45, 7) is 4.88. The van der Waals surface area contributed by atoms with Gasteiger partial charge in [0, 0.05) is 12.8 Å². The van der Waals surface area contributed by atoms with Gasteiger partial charge in [-0.15, -0.1) is 0 Å². The molecule has 0 rings (SSSR count). The molecule has 0 heterocycles. The molecule has 0 aromatic heterocycles. The fourth-order valence-corrected chi connectivity index (χ4v) is 8.45. The molecule has 0 aromatic carbocycles. The minimum atomic E-state index is -0.853. The highest BCUT2D eigenvalue weighted by Gasteiger charge is 2.18. The van der Waals surface area contributed by atoms with Crippen molar-refractivity contribution in [3.05, 3.63) is 24.3 Å². The molecule has 6 heteroatoms. The Kier molecular flexibility index (Phi) is 50.6. The van der Waals surface area contributed by atoms with Crippen LogP contribution in [0.5, 0.6) is 0 Å². The largest absolute Gasteiger partial charge is 0.466 e. The second kappa shape index (κ2) is 52.0. The smallest absolute Gasteiger partial charge is 0.305 e. The van der Waals surface area contributed by atoms with Crippen molar-refractivity contribution in [1.29, 1.82) is 0 Å². The Morgan fingerprint density at radius 2 is 0.758 bits per heavy atom. The van der Waals surface area contributed by atoms with Gasteiger partial charge < -0.3 is 20.3 Å². The van der Waals surface area contributed by atoms with Crippen LogP contribution in [0.25, 0.3) is 0 Å². The molecule has 3 N–H and O–H groups in total. The molecule has 6 nitrogen and oxygen atoms in total. The van der Waals surface area contributed by atoms with Gasteiger partial charge in [-0.1, -0.05) is 250 Å². The first kappa shape index (κ1) is 60.3. The summed E-state index contributed by atoms with van der Waals surface area (Å²) in [5.74, 6) is -0.0906. The highest BCUT2D eigenvalue weighted by atomic mass is 16.5. The van der Waals surface area contributed by atoms with E-state index in [1.165, 1.54) is 199 Å². The molecule has 0 bridgehead atoms. The van der Waals surface area contributed by atoms with Gasteiger partial charge in [-0.05, 0) is 57.8 Å². The summed E-state index contributed by atoms with van der Waals surface area (Å²) < 4.78 is 5.46. The van der Waals surface area contributed by atoms with Crippen LogP contribution in [0.2, 0.25) is 0 Å². The predicted molar refractivity (Wildman–Crippen MR) is 269 cm³/mol. The average Bonchev–Trinajstić information content (AvgIpc) is 3.27. The maximum Gasteiger partial charge on any atom is 0.305 e. The summed E-state index contributed by atoms with van der Waals surface area (Å²) in [6.07, 6.45) is 61.8. The molecule has 366 valence electrons. The molecule has 2 unspecified atom stereocenters. The van der Waals surface area contributed by atoms with Crippen LogP contribution >= 0.6 is 0 Å². The monoisotopic (exact) mass is 874 g/mol. The average molecular weight is 874 g/mol. The van der Waals surface area contributed by atoms with E-state index in [1.807, 2.05) is 6.08 Å². The minimum absolute atomic E-state index is 0.00836. The van der Waals surface area contributed by atoms with Crippen LogP contribution in [0, 0.1) is 0 Å². The zero-order chi connectivity index (χ0) is 45.1. The Labute approximate surface area is 386 Å². The molecule has 0 fully saturated rings. The number of allylic oxidation sites excluding steroid dienone is 3. The third-order valence-corrected chi connectivity index (χ3v) is 12.7. The fraction of sp³-hybridized carbons (Fsp3) is 0.893. The topological polar surface area (TPSA) is 95.9 Å². The lowest BCUT2D eigenvalue weighted by Crippen LogP contribution is -2.45. The zero-order valence-corrected chi connectivity index (χ0v) is 41.6. The molecule has 0 aliphatic rings. The van der Waals surface area contributed by atoms with Crippen LogP contribution < -0.4 is 5.32 Å². The van der Waals surface area contributed by atoms with Gasteiger partial charge in [0.15, 0.2) is 0 Å². The quantitative estimate of drug-likeness (QED) is 0.0321. The van der Waals surface area contributed by atoms with E-state index in [0.717, 1.165) is 70.6 Å². The van der Waals surface area contributed by atoms with Crippen LogP contribution in [0.4, 0.5) is 0 Å². The Hall–Kier alpha value is -1.66. The summed E-state index contributed by atoms with van der Waals surface area (Å²) in [7, 11) is 0. The number of nitrogens with one attached hydrogen (secondary N) is 1. The van der Waals surface area contributed by atoms with Crippen molar-refractivity contribution in [2.45, 2.75) is 309 Å². The number of aliphatic hydroxyl groups excluding tert-OH is 2. The van der Waals surface area contributed by atoms with Gasteiger partial charge >= 0.3 is 5.97 Å². The molecular weight excluding hydrogens is 767 g/mol. The SMILES string of the molecule is CCCCCCCCCCCCCCC/C=C/C(O)C(CO)NC(=O)CCCCCCCCC/C=C\CCCCCCOC(=O)CCCCCCCCCCCCCCCCC. The van der Waals surface area contributed by atoms with Gasteiger partial charge in [0.25, 0.3) is 0 Å². The highest BCUT2D eigenvalue weighted by Crippen LogP contribution is 2.16. The second-order valence-electron chi connectivity index (χ2n) is 18.9. The van der Waals surface area contributed by atoms with Crippen molar-refractivity contribution in [2.75, 3.05) is 13.2 Å². The van der Waals surface area contributed by atoms with E-state index in [2.05, 4.69) is 31.3 Å². The van der Waals surface area contributed by atoms with E-state index in [-0.39, 0.29) is 18.5 Å². The number of carbonyl (C=O) groups excluding carboxylic acids is 2. The maximum absolute atomic E-state index is 12.4. The molecule has 62 heavy (non-hydrogen) atoms. The number of hydrogen-bond donors (Lipinski definition) is 3. The normalized spacial score (nSPS) is 12.8. The summed E-state index contributed by atoms with van der Waals surface area (Å²) in [5.41, 5.74) is 0. The lowest BCUT2D eigenvalue weighted by molar-refractivity contribution is -0.143. The van der Waals surface area contributed by atoms with Gasteiger partial charge in [-0.2, -0.15) is 0 Å². The number of rotatable bonds is 51. The first-order chi connectivity index (χ1) is 30.5. The molecule has 2 atom stereocenters. The fourth-order valence-electron chi connectivity index (χ4n) is 8.45. The number of carbonyl (C=O) groups is 2. The minimum Gasteiger partial charge on any atom is -0.466 e. The van der Waals surface area contributed by atoms with E-state index < -0.39 is 12.1 Å². The Balaban J connectivity index is 3.49. The van der Waals surface area contributed by atoms with Crippen molar-refractivity contribution in [2.24, 2.45) is 0 Å². The number of hydrogen-bond acceptors (Lipinski definition) is 5. The standard InChI is InChI=1S/C56H107NO5/c1-3-5-7-9-11-13-15-17-20-24-28-32-36-40-44-48-54(59)53(52-58)57-55(60)49-45-41-37-33-29-25-22-19-23-27-31-35-39-43-47-51-62-56(61)50-46-42-38-34-30-26-21-18-16-14-12-10-8-6-4-2/h23,27,44,48,53-54,58-59H,3-22,24-26,28-43,45-47,49-52H2,1-2H3,(H,57,60)/b27-23-,48-44+. The van der Waals surface area contributed by atoms with Gasteiger partial charge in [-0.3, -0.25) is 9.59 Å². The number of ether oxygens (including phenoxy) is 1. The highest BCUT2D eigenvalue weighted by molar-refractivity contribution is 5.76. The molecule has 0 spiro atoms. The first-order valence-corrected chi connectivity index (χ1v) is 27.6. The zero-order valence-electron chi connectivity index (χ0n) is 41.6. The van der Waals surface area contributed by atoms with Crippen molar-refractivity contribution < 1.29 is 24.5 Å². The number of aliphatic hydroxyl groups is 2.